The molecule has 3 rings (SSSR count). The van der Waals surface area contributed by atoms with E-state index in [1.165, 1.54) is 38.6 Å². The third-order valence-corrected chi connectivity index (χ3v) is 4.55. The van der Waals surface area contributed by atoms with Gasteiger partial charge in [0.1, 0.15) is 6.61 Å². The average molecular weight is 423 g/mol. The maximum atomic E-state index is 14.5. The summed E-state index contributed by atoms with van der Waals surface area (Å²) in [5.74, 6) is -0.0418. The maximum absolute atomic E-state index is 14.5. The van der Waals surface area contributed by atoms with E-state index in [0.29, 0.717) is 29.2 Å². The number of ether oxygens (including phenoxy) is 2. The van der Waals surface area contributed by atoms with Crippen LogP contribution < -0.4 is 14.8 Å². The molecule has 2 aromatic carbocycles. The van der Waals surface area contributed by atoms with E-state index < -0.39 is 5.82 Å². The number of nitrogens with one attached hydrogen (secondary N) is 1. The molecule has 0 spiro atoms. The van der Waals surface area contributed by atoms with Crippen LogP contribution in [0.4, 0.5) is 16.0 Å². The van der Waals surface area contributed by atoms with Crippen LogP contribution in [0.5, 0.6) is 11.5 Å². The van der Waals surface area contributed by atoms with Crippen LogP contribution in [0.3, 0.4) is 0 Å². The summed E-state index contributed by atoms with van der Waals surface area (Å²) in [5, 5.41) is 3.02. The van der Waals surface area contributed by atoms with Gasteiger partial charge in [-0.15, -0.1) is 0 Å². The third-order valence-electron chi connectivity index (χ3n) is 4.55. The highest BCUT2D eigenvalue weighted by molar-refractivity contribution is 5.96. The molecule has 0 aliphatic carbocycles. The van der Waals surface area contributed by atoms with Crippen LogP contribution in [-0.4, -0.2) is 28.6 Å². The first-order valence-electron chi connectivity index (χ1n) is 9.63. The highest BCUT2D eigenvalue weighted by Gasteiger charge is 2.15. The standard InChI is InChI=1S/C23H22FN3O4/c1-4-20(29)16-9-17(22(24)21(10-16)30-3)13-31-19-11-25-23(26-12-19)27-18-7-5-15(6-8-18)14(2)28/h5-12H,4,13H2,1-3H3,(H,25,26,27). The Morgan fingerprint density at radius 2 is 1.74 bits per heavy atom. The first-order chi connectivity index (χ1) is 14.9. The number of benzene rings is 2. The van der Waals surface area contributed by atoms with Crippen LogP contribution in [0.2, 0.25) is 0 Å². The highest BCUT2D eigenvalue weighted by atomic mass is 19.1. The molecule has 0 bridgehead atoms. The van der Waals surface area contributed by atoms with Crippen molar-refractivity contribution in [1.82, 2.24) is 9.97 Å². The summed E-state index contributed by atoms with van der Waals surface area (Å²) in [5.41, 5.74) is 1.91. The Labute approximate surface area is 179 Å². The Balaban J connectivity index is 1.67. The summed E-state index contributed by atoms with van der Waals surface area (Å²) < 4.78 is 25.2. The van der Waals surface area contributed by atoms with E-state index >= 15 is 0 Å². The summed E-state index contributed by atoms with van der Waals surface area (Å²) in [7, 11) is 1.34. The van der Waals surface area contributed by atoms with Crippen molar-refractivity contribution in [2.75, 3.05) is 12.4 Å². The van der Waals surface area contributed by atoms with Crippen LogP contribution in [-0.2, 0) is 6.61 Å². The second kappa shape index (κ2) is 9.80. The Morgan fingerprint density at radius 1 is 1.06 bits per heavy atom. The van der Waals surface area contributed by atoms with Crippen molar-refractivity contribution in [1.29, 1.82) is 0 Å². The molecule has 0 radical (unpaired) electrons. The van der Waals surface area contributed by atoms with Crippen molar-refractivity contribution >= 4 is 23.2 Å². The molecule has 0 aliphatic rings. The van der Waals surface area contributed by atoms with Gasteiger partial charge in [0.15, 0.2) is 28.9 Å². The Hall–Kier alpha value is -3.81. The van der Waals surface area contributed by atoms with Gasteiger partial charge in [-0.05, 0) is 43.3 Å². The van der Waals surface area contributed by atoms with Crippen LogP contribution in [0.25, 0.3) is 0 Å². The molecule has 1 heterocycles. The van der Waals surface area contributed by atoms with Gasteiger partial charge < -0.3 is 14.8 Å². The number of carbonyl (C=O) groups is 2. The molecule has 0 unspecified atom stereocenters. The number of Topliss-reactive ketones (excluding diaryl/α,β-unsaturated/α-hetero) is 2. The lowest BCUT2D eigenvalue weighted by atomic mass is 10.0. The Bertz CT molecular complexity index is 1080. The molecule has 0 saturated heterocycles. The zero-order valence-electron chi connectivity index (χ0n) is 17.4. The van der Waals surface area contributed by atoms with Crippen molar-refractivity contribution in [2.24, 2.45) is 0 Å². The molecule has 1 N–H and O–H groups in total. The maximum Gasteiger partial charge on any atom is 0.227 e. The number of ketones is 2. The lowest BCUT2D eigenvalue weighted by Gasteiger charge is -2.12. The van der Waals surface area contributed by atoms with Gasteiger partial charge >= 0.3 is 0 Å². The largest absolute Gasteiger partial charge is 0.494 e. The molecule has 3 aromatic rings. The number of methoxy groups -OCH3 is 1. The number of nitrogens with zero attached hydrogens (tertiary/aromatic N) is 2. The predicted octanol–water partition coefficient (Wildman–Crippen LogP) is 4.74. The SMILES string of the molecule is CCC(=O)c1cc(COc2cnc(Nc3ccc(C(C)=O)cc3)nc2)c(F)c(OC)c1. The number of aromatic nitrogens is 2. The van der Waals surface area contributed by atoms with Gasteiger partial charge in [0.2, 0.25) is 5.95 Å². The summed E-state index contributed by atoms with van der Waals surface area (Å²) in [4.78, 5) is 31.7. The van der Waals surface area contributed by atoms with E-state index in [4.69, 9.17) is 9.47 Å². The van der Waals surface area contributed by atoms with E-state index in [2.05, 4.69) is 15.3 Å². The van der Waals surface area contributed by atoms with E-state index in [-0.39, 0.29) is 29.5 Å². The van der Waals surface area contributed by atoms with Crippen LogP contribution in [0.1, 0.15) is 46.5 Å². The fourth-order valence-electron chi connectivity index (χ4n) is 2.81. The number of rotatable bonds is 9. The molecule has 0 atom stereocenters. The van der Waals surface area contributed by atoms with Gasteiger partial charge in [-0.1, -0.05) is 6.92 Å². The molecule has 0 aliphatic heterocycles. The molecular weight excluding hydrogens is 401 g/mol. The summed E-state index contributed by atoms with van der Waals surface area (Å²) in [6.07, 6.45) is 3.21. The highest BCUT2D eigenvalue weighted by Crippen LogP contribution is 2.25. The zero-order chi connectivity index (χ0) is 22.4. The second-order valence-corrected chi connectivity index (χ2v) is 6.72. The third kappa shape index (κ3) is 5.42. The number of carbonyl (C=O) groups excluding carboxylic acids is 2. The minimum atomic E-state index is -0.580. The van der Waals surface area contributed by atoms with Gasteiger partial charge in [-0.25, -0.2) is 14.4 Å². The van der Waals surface area contributed by atoms with Crippen molar-refractivity contribution in [2.45, 2.75) is 26.9 Å². The number of anilines is 2. The minimum absolute atomic E-state index is 0.00973. The molecule has 31 heavy (non-hydrogen) atoms. The van der Waals surface area contributed by atoms with Crippen LogP contribution in [0.15, 0.2) is 48.8 Å². The number of hydrogen-bond donors (Lipinski definition) is 1. The van der Waals surface area contributed by atoms with Gasteiger partial charge in [-0.2, -0.15) is 0 Å². The molecule has 0 fully saturated rings. The first-order valence-corrected chi connectivity index (χ1v) is 9.63. The normalized spacial score (nSPS) is 10.5. The van der Waals surface area contributed by atoms with E-state index in [0.717, 1.165) is 5.69 Å². The lowest BCUT2D eigenvalue weighted by Crippen LogP contribution is -2.06. The van der Waals surface area contributed by atoms with Gasteiger partial charge in [0, 0.05) is 28.8 Å². The van der Waals surface area contributed by atoms with Gasteiger partial charge in [0.25, 0.3) is 0 Å². The molecule has 160 valence electrons. The molecule has 1 aromatic heterocycles. The van der Waals surface area contributed by atoms with Crippen molar-refractivity contribution in [3.8, 4) is 11.5 Å². The van der Waals surface area contributed by atoms with Gasteiger partial charge in [-0.3, -0.25) is 9.59 Å². The zero-order valence-corrected chi connectivity index (χ0v) is 17.4. The fourth-order valence-corrected chi connectivity index (χ4v) is 2.81. The predicted molar refractivity (Wildman–Crippen MR) is 114 cm³/mol. The summed E-state index contributed by atoms with van der Waals surface area (Å²) in [6.45, 7) is 3.12. The smallest absolute Gasteiger partial charge is 0.227 e. The molecule has 8 heteroatoms. The van der Waals surface area contributed by atoms with E-state index in [1.807, 2.05) is 0 Å². The Kier molecular flexibility index (Phi) is 6.92. The van der Waals surface area contributed by atoms with Crippen molar-refractivity contribution in [3.05, 3.63) is 71.3 Å². The molecular formula is C23H22FN3O4. The number of halogens is 1. The lowest BCUT2D eigenvalue weighted by molar-refractivity contribution is 0.0985. The van der Waals surface area contributed by atoms with E-state index in [9.17, 15) is 14.0 Å². The molecule has 0 amide bonds. The molecule has 7 nitrogen and oxygen atoms in total. The Morgan fingerprint density at radius 3 is 2.32 bits per heavy atom. The first kappa shape index (κ1) is 21.9. The van der Waals surface area contributed by atoms with Crippen LogP contribution in [0, 0.1) is 5.82 Å². The topological polar surface area (TPSA) is 90.4 Å². The van der Waals surface area contributed by atoms with Crippen molar-refractivity contribution in [3.63, 3.8) is 0 Å². The summed E-state index contributed by atoms with van der Waals surface area (Å²) in [6, 6.07) is 9.78. The second-order valence-electron chi connectivity index (χ2n) is 6.72. The quantitative estimate of drug-likeness (QED) is 0.497. The summed E-state index contributed by atoms with van der Waals surface area (Å²) >= 11 is 0. The minimum Gasteiger partial charge on any atom is -0.494 e. The van der Waals surface area contributed by atoms with Gasteiger partial charge in [0.05, 0.1) is 19.5 Å². The molecule has 0 saturated carbocycles. The fraction of sp³-hybridized carbons (Fsp3) is 0.217. The monoisotopic (exact) mass is 423 g/mol. The average Bonchev–Trinajstić information content (AvgIpc) is 2.79. The van der Waals surface area contributed by atoms with Crippen LogP contribution >= 0.6 is 0 Å². The number of hydrogen-bond acceptors (Lipinski definition) is 7. The van der Waals surface area contributed by atoms with Crippen molar-refractivity contribution < 1.29 is 23.5 Å². The van der Waals surface area contributed by atoms with E-state index in [1.54, 1.807) is 31.2 Å².